The summed E-state index contributed by atoms with van der Waals surface area (Å²) in [6.45, 7) is 3.68. The number of aliphatic carboxylic acids is 1. The third-order valence-corrected chi connectivity index (χ3v) is 2.54. The first kappa shape index (κ1) is 11.5. The standard InChI is InChI=1S/C11H15NO3/c1-6-3-4-8(10(13)7(6)2)5-9(12)11(14)15/h3-4,9,13H,5,12H2,1-2H3,(H,14,15). The molecule has 0 fully saturated rings. The van der Waals surface area contributed by atoms with Crippen molar-refractivity contribution in [2.24, 2.45) is 5.73 Å². The van der Waals surface area contributed by atoms with Gasteiger partial charge >= 0.3 is 5.97 Å². The second kappa shape index (κ2) is 4.31. The number of hydrogen-bond acceptors (Lipinski definition) is 3. The highest BCUT2D eigenvalue weighted by Crippen LogP contribution is 2.25. The minimum absolute atomic E-state index is 0.141. The maximum atomic E-state index is 10.6. The maximum absolute atomic E-state index is 10.6. The second-order valence-electron chi connectivity index (χ2n) is 3.66. The molecule has 82 valence electrons. The number of carboxylic acids is 1. The topological polar surface area (TPSA) is 83.6 Å². The van der Waals surface area contributed by atoms with Gasteiger partial charge in [0, 0.05) is 6.42 Å². The number of rotatable bonds is 3. The van der Waals surface area contributed by atoms with Crippen LogP contribution in [0, 0.1) is 13.8 Å². The Morgan fingerprint density at radius 2 is 2.07 bits per heavy atom. The third-order valence-electron chi connectivity index (χ3n) is 2.54. The van der Waals surface area contributed by atoms with Crippen molar-refractivity contribution in [1.29, 1.82) is 0 Å². The first-order chi connectivity index (χ1) is 6.93. The molecule has 4 heteroatoms. The Hall–Kier alpha value is -1.55. The summed E-state index contributed by atoms with van der Waals surface area (Å²) in [5, 5.41) is 18.4. The predicted molar refractivity (Wildman–Crippen MR) is 56.9 cm³/mol. The van der Waals surface area contributed by atoms with Crippen molar-refractivity contribution >= 4 is 5.97 Å². The van der Waals surface area contributed by atoms with Gasteiger partial charge in [0.15, 0.2) is 0 Å². The van der Waals surface area contributed by atoms with Crippen molar-refractivity contribution in [3.63, 3.8) is 0 Å². The maximum Gasteiger partial charge on any atom is 0.320 e. The molecule has 0 aliphatic rings. The van der Waals surface area contributed by atoms with E-state index in [9.17, 15) is 9.90 Å². The summed E-state index contributed by atoms with van der Waals surface area (Å²) in [4.78, 5) is 10.6. The van der Waals surface area contributed by atoms with E-state index in [1.165, 1.54) is 0 Å². The number of phenolic OH excluding ortho intramolecular Hbond substituents is 1. The van der Waals surface area contributed by atoms with Gasteiger partial charge in [0.2, 0.25) is 0 Å². The fraction of sp³-hybridized carbons (Fsp3) is 0.364. The molecule has 0 saturated carbocycles. The number of carboxylic acid groups (broad SMARTS) is 1. The highest BCUT2D eigenvalue weighted by Gasteiger charge is 2.15. The van der Waals surface area contributed by atoms with Crippen LogP contribution in [0.5, 0.6) is 5.75 Å². The molecule has 1 aromatic carbocycles. The van der Waals surface area contributed by atoms with Crippen LogP contribution in [-0.4, -0.2) is 22.2 Å². The number of aryl methyl sites for hydroxylation is 1. The molecule has 4 N–H and O–H groups in total. The van der Waals surface area contributed by atoms with Gasteiger partial charge in [-0.25, -0.2) is 0 Å². The van der Waals surface area contributed by atoms with Gasteiger partial charge in [0.25, 0.3) is 0 Å². The van der Waals surface area contributed by atoms with Crippen molar-refractivity contribution in [1.82, 2.24) is 0 Å². The van der Waals surface area contributed by atoms with Crippen LogP contribution >= 0.6 is 0 Å². The molecule has 0 aromatic heterocycles. The van der Waals surface area contributed by atoms with Crippen molar-refractivity contribution in [3.8, 4) is 5.75 Å². The smallest absolute Gasteiger partial charge is 0.320 e. The van der Waals surface area contributed by atoms with E-state index in [-0.39, 0.29) is 12.2 Å². The zero-order valence-electron chi connectivity index (χ0n) is 8.82. The van der Waals surface area contributed by atoms with Crippen LogP contribution in [0.15, 0.2) is 12.1 Å². The van der Waals surface area contributed by atoms with E-state index >= 15 is 0 Å². The zero-order chi connectivity index (χ0) is 11.6. The van der Waals surface area contributed by atoms with Gasteiger partial charge in [-0.3, -0.25) is 4.79 Å². The molecule has 0 amide bonds. The molecule has 0 saturated heterocycles. The summed E-state index contributed by atoms with van der Waals surface area (Å²) in [6.07, 6.45) is 0.141. The van der Waals surface area contributed by atoms with E-state index in [2.05, 4.69) is 0 Å². The molecule has 1 unspecified atom stereocenters. The Balaban J connectivity index is 2.97. The van der Waals surface area contributed by atoms with Gasteiger partial charge in [-0.05, 0) is 30.5 Å². The lowest BCUT2D eigenvalue weighted by atomic mass is 9.99. The van der Waals surface area contributed by atoms with E-state index in [1.807, 2.05) is 13.0 Å². The lowest BCUT2D eigenvalue weighted by molar-refractivity contribution is -0.138. The fourth-order valence-corrected chi connectivity index (χ4v) is 1.35. The van der Waals surface area contributed by atoms with Crippen LogP contribution in [0.3, 0.4) is 0 Å². The van der Waals surface area contributed by atoms with Crippen LogP contribution in [0.2, 0.25) is 0 Å². The van der Waals surface area contributed by atoms with Gasteiger partial charge in [0.05, 0.1) is 0 Å². The lowest BCUT2D eigenvalue weighted by Gasteiger charge is -2.11. The first-order valence-electron chi connectivity index (χ1n) is 4.70. The van der Waals surface area contributed by atoms with E-state index in [1.54, 1.807) is 13.0 Å². The molecular formula is C11H15NO3. The summed E-state index contributed by atoms with van der Waals surface area (Å²) >= 11 is 0. The van der Waals surface area contributed by atoms with Gasteiger partial charge in [-0.2, -0.15) is 0 Å². The van der Waals surface area contributed by atoms with Crippen LogP contribution in [0.1, 0.15) is 16.7 Å². The molecule has 0 aliphatic carbocycles. The molecule has 0 spiro atoms. The average Bonchev–Trinajstić information content (AvgIpc) is 2.18. The van der Waals surface area contributed by atoms with Crippen molar-refractivity contribution in [3.05, 3.63) is 28.8 Å². The molecule has 0 aliphatic heterocycles. The number of benzene rings is 1. The summed E-state index contributed by atoms with van der Waals surface area (Å²) in [5.74, 6) is -0.917. The molecule has 1 atom stereocenters. The minimum atomic E-state index is -1.06. The van der Waals surface area contributed by atoms with Crippen molar-refractivity contribution < 1.29 is 15.0 Å². The number of aromatic hydroxyl groups is 1. The molecule has 1 rings (SSSR count). The Kier molecular flexibility index (Phi) is 3.31. The normalized spacial score (nSPS) is 12.5. The summed E-state index contributed by atoms with van der Waals surface area (Å²) in [6, 6.07) is 2.58. The Labute approximate surface area is 88.3 Å². The van der Waals surface area contributed by atoms with E-state index in [0.29, 0.717) is 5.56 Å². The van der Waals surface area contributed by atoms with Crippen LogP contribution in [-0.2, 0) is 11.2 Å². The molecule has 1 aromatic rings. The molecule has 15 heavy (non-hydrogen) atoms. The van der Waals surface area contributed by atoms with Crippen molar-refractivity contribution in [2.75, 3.05) is 0 Å². The monoisotopic (exact) mass is 209 g/mol. The van der Waals surface area contributed by atoms with Gasteiger partial charge < -0.3 is 15.9 Å². The van der Waals surface area contributed by atoms with Gasteiger partial charge in [0.1, 0.15) is 11.8 Å². The number of nitrogens with two attached hydrogens (primary N) is 1. The van der Waals surface area contributed by atoms with Crippen LogP contribution < -0.4 is 5.73 Å². The first-order valence-corrected chi connectivity index (χ1v) is 4.70. The number of phenols is 1. The van der Waals surface area contributed by atoms with Crippen LogP contribution in [0.4, 0.5) is 0 Å². The molecule has 0 radical (unpaired) electrons. The summed E-state index contributed by atoms with van der Waals surface area (Å²) in [5.41, 5.74) is 7.71. The highest BCUT2D eigenvalue weighted by atomic mass is 16.4. The minimum Gasteiger partial charge on any atom is -0.507 e. The van der Waals surface area contributed by atoms with Crippen LogP contribution in [0.25, 0.3) is 0 Å². The quantitative estimate of drug-likeness (QED) is 0.692. The van der Waals surface area contributed by atoms with E-state index < -0.39 is 12.0 Å². The lowest BCUT2D eigenvalue weighted by Crippen LogP contribution is -2.32. The molecule has 0 heterocycles. The molecular weight excluding hydrogens is 194 g/mol. The Morgan fingerprint density at radius 3 is 2.60 bits per heavy atom. The SMILES string of the molecule is Cc1ccc(CC(N)C(=O)O)c(O)c1C. The Bertz CT molecular complexity index is 388. The summed E-state index contributed by atoms with van der Waals surface area (Å²) < 4.78 is 0. The molecule has 4 nitrogen and oxygen atoms in total. The molecule has 0 bridgehead atoms. The Morgan fingerprint density at radius 1 is 1.47 bits per heavy atom. The number of hydrogen-bond donors (Lipinski definition) is 3. The highest BCUT2D eigenvalue weighted by molar-refractivity contribution is 5.73. The fourth-order valence-electron chi connectivity index (χ4n) is 1.35. The van der Waals surface area contributed by atoms with Gasteiger partial charge in [-0.1, -0.05) is 12.1 Å². The largest absolute Gasteiger partial charge is 0.507 e. The average molecular weight is 209 g/mol. The van der Waals surface area contributed by atoms with E-state index in [0.717, 1.165) is 11.1 Å². The second-order valence-corrected chi connectivity index (χ2v) is 3.66. The van der Waals surface area contributed by atoms with E-state index in [4.69, 9.17) is 10.8 Å². The number of carbonyl (C=O) groups is 1. The van der Waals surface area contributed by atoms with Gasteiger partial charge in [-0.15, -0.1) is 0 Å². The zero-order valence-corrected chi connectivity index (χ0v) is 8.82. The summed E-state index contributed by atoms with van der Waals surface area (Å²) in [7, 11) is 0. The third kappa shape index (κ3) is 2.47. The predicted octanol–water partition coefficient (Wildman–Crippen LogP) is 0.963. The van der Waals surface area contributed by atoms with Crippen molar-refractivity contribution in [2.45, 2.75) is 26.3 Å².